The number of esters is 1. The molecule has 2 fully saturated rings. The Hall–Kier alpha value is -2.38. The molecule has 4 rings (SSSR count). The summed E-state index contributed by atoms with van der Waals surface area (Å²) in [6.07, 6.45) is 1.21. The average Bonchev–Trinajstić information content (AvgIpc) is 3.47. The minimum Gasteiger partial charge on any atom is -0.507 e. The minimum absolute atomic E-state index is 0.0642. The number of rotatable bonds is 6. The first-order valence-electron chi connectivity index (χ1n) is 8.28. The van der Waals surface area contributed by atoms with Crippen molar-refractivity contribution in [2.24, 2.45) is 0 Å². The van der Waals surface area contributed by atoms with E-state index in [0.29, 0.717) is 31.6 Å². The molecule has 0 saturated carbocycles. The third-order valence-electron chi connectivity index (χ3n) is 4.31. The smallest absolute Gasteiger partial charge is 0.374 e. The molecule has 7 heteroatoms. The fraction of sp³-hybridized carbons (Fsp3) is 0.444. The molecule has 25 heavy (non-hydrogen) atoms. The molecule has 2 atom stereocenters. The molecule has 0 amide bonds. The van der Waals surface area contributed by atoms with Crippen LogP contribution in [0.3, 0.4) is 0 Å². The fourth-order valence-electron chi connectivity index (χ4n) is 2.92. The van der Waals surface area contributed by atoms with Gasteiger partial charge in [-0.25, -0.2) is 4.79 Å². The molecule has 0 bridgehead atoms. The van der Waals surface area contributed by atoms with Crippen LogP contribution in [0.1, 0.15) is 28.6 Å². The number of benzene rings is 1. The number of carbonyl (C=O) groups excluding carboxylic acids is 1. The first-order chi connectivity index (χ1) is 12.1. The van der Waals surface area contributed by atoms with Gasteiger partial charge in [0.05, 0.1) is 32.0 Å². The van der Waals surface area contributed by atoms with E-state index in [2.05, 4.69) is 0 Å². The van der Waals surface area contributed by atoms with Crippen LogP contribution in [0.25, 0.3) is 11.0 Å². The second-order valence-electron chi connectivity index (χ2n) is 6.26. The Morgan fingerprint density at radius 2 is 1.84 bits per heavy atom. The van der Waals surface area contributed by atoms with E-state index in [1.54, 1.807) is 13.0 Å². The number of epoxide rings is 2. The molecule has 2 saturated heterocycles. The van der Waals surface area contributed by atoms with E-state index in [1.807, 2.05) is 0 Å². The van der Waals surface area contributed by atoms with Crippen molar-refractivity contribution in [1.82, 2.24) is 0 Å². The van der Waals surface area contributed by atoms with Crippen LogP contribution < -0.4 is 5.43 Å². The number of fused-ring (bicyclic) bond motifs is 1. The normalized spacial score (nSPS) is 21.3. The number of phenolic OH excluding ortho intramolecular Hbond substituents is 1. The zero-order valence-corrected chi connectivity index (χ0v) is 13.7. The Balaban J connectivity index is 1.87. The average molecular weight is 346 g/mol. The van der Waals surface area contributed by atoms with Gasteiger partial charge in [0.1, 0.15) is 16.7 Å². The zero-order chi connectivity index (χ0) is 17.6. The van der Waals surface area contributed by atoms with Gasteiger partial charge in [-0.1, -0.05) is 0 Å². The summed E-state index contributed by atoms with van der Waals surface area (Å²) in [6, 6.07) is 2.87. The number of carbonyl (C=O) groups is 1. The molecule has 2 aliphatic rings. The lowest BCUT2D eigenvalue weighted by molar-refractivity contribution is 0.0490. The summed E-state index contributed by atoms with van der Waals surface area (Å²) in [5.41, 5.74) is 1.11. The van der Waals surface area contributed by atoms with E-state index in [4.69, 9.17) is 18.6 Å². The highest BCUT2D eigenvalue weighted by molar-refractivity contribution is 5.92. The maximum Gasteiger partial charge on any atom is 0.374 e. The highest BCUT2D eigenvalue weighted by Gasteiger charge is 2.29. The van der Waals surface area contributed by atoms with Crippen LogP contribution in [0.2, 0.25) is 0 Å². The molecule has 132 valence electrons. The largest absolute Gasteiger partial charge is 0.507 e. The molecule has 0 spiro atoms. The van der Waals surface area contributed by atoms with Gasteiger partial charge in [-0.05, 0) is 24.1 Å². The molecule has 2 aliphatic heterocycles. The van der Waals surface area contributed by atoms with E-state index in [9.17, 15) is 14.7 Å². The van der Waals surface area contributed by atoms with Gasteiger partial charge in [-0.3, -0.25) is 4.79 Å². The van der Waals surface area contributed by atoms with Crippen molar-refractivity contribution in [3.8, 4) is 5.75 Å². The van der Waals surface area contributed by atoms with Crippen molar-refractivity contribution >= 4 is 16.9 Å². The molecule has 0 unspecified atom stereocenters. The van der Waals surface area contributed by atoms with Gasteiger partial charge in [0.25, 0.3) is 0 Å². The van der Waals surface area contributed by atoms with Gasteiger partial charge in [0.2, 0.25) is 5.76 Å². The lowest BCUT2D eigenvalue weighted by atomic mass is 9.98. The second kappa shape index (κ2) is 6.16. The molecular formula is C18H18O7. The van der Waals surface area contributed by atoms with Crippen LogP contribution in [0, 0.1) is 0 Å². The Morgan fingerprint density at radius 3 is 2.44 bits per heavy atom. The summed E-state index contributed by atoms with van der Waals surface area (Å²) < 4.78 is 21.1. The van der Waals surface area contributed by atoms with Crippen LogP contribution in [-0.4, -0.2) is 43.1 Å². The SMILES string of the molecule is CCOC(=O)c1cc(=O)c2c(O)c(C[C@H]3CO3)cc(C[C@H]3CO3)c2o1. The van der Waals surface area contributed by atoms with Crippen molar-refractivity contribution < 1.29 is 28.5 Å². The monoisotopic (exact) mass is 346 g/mol. The Kier molecular flexibility index (Phi) is 3.97. The maximum atomic E-state index is 12.5. The van der Waals surface area contributed by atoms with E-state index < -0.39 is 11.4 Å². The highest BCUT2D eigenvalue weighted by Crippen LogP contribution is 2.34. The van der Waals surface area contributed by atoms with Gasteiger partial charge >= 0.3 is 5.97 Å². The van der Waals surface area contributed by atoms with Crippen LogP contribution >= 0.6 is 0 Å². The predicted molar refractivity (Wildman–Crippen MR) is 87.0 cm³/mol. The highest BCUT2D eigenvalue weighted by atomic mass is 16.6. The first-order valence-corrected chi connectivity index (χ1v) is 8.28. The van der Waals surface area contributed by atoms with Gasteiger partial charge in [-0.15, -0.1) is 0 Å². The van der Waals surface area contributed by atoms with Crippen molar-refractivity contribution in [2.45, 2.75) is 32.0 Å². The number of hydrogen-bond donors (Lipinski definition) is 1. The zero-order valence-electron chi connectivity index (χ0n) is 13.7. The summed E-state index contributed by atoms with van der Waals surface area (Å²) in [4.78, 5) is 24.5. The third-order valence-corrected chi connectivity index (χ3v) is 4.31. The van der Waals surface area contributed by atoms with Crippen LogP contribution in [-0.2, 0) is 27.1 Å². The minimum atomic E-state index is -0.704. The van der Waals surface area contributed by atoms with Crippen LogP contribution in [0.4, 0.5) is 0 Å². The summed E-state index contributed by atoms with van der Waals surface area (Å²) in [5.74, 6) is -0.991. The second-order valence-corrected chi connectivity index (χ2v) is 6.26. The number of hydrogen-bond acceptors (Lipinski definition) is 7. The number of aromatic hydroxyl groups is 1. The molecule has 3 heterocycles. The van der Waals surface area contributed by atoms with Crippen molar-refractivity contribution in [1.29, 1.82) is 0 Å². The number of phenols is 1. The molecule has 1 aromatic carbocycles. The van der Waals surface area contributed by atoms with Crippen LogP contribution in [0.5, 0.6) is 5.75 Å². The lowest BCUT2D eigenvalue weighted by Gasteiger charge is -2.12. The summed E-state index contributed by atoms with van der Waals surface area (Å²) >= 11 is 0. The van der Waals surface area contributed by atoms with E-state index >= 15 is 0 Å². The molecule has 1 aromatic heterocycles. The summed E-state index contributed by atoms with van der Waals surface area (Å²) in [5, 5.41) is 10.6. The first kappa shape index (κ1) is 16.1. The van der Waals surface area contributed by atoms with Crippen molar-refractivity contribution in [2.75, 3.05) is 19.8 Å². The third kappa shape index (κ3) is 3.25. The Bertz CT molecular complexity index is 890. The summed E-state index contributed by atoms with van der Waals surface area (Å²) in [6.45, 7) is 3.14. The maximum absolute atomic E-state index is 12.5. The lowest BCUT2D eigenvalue weighted by Crippen LogP contribution is -2.12. The van der Waals surface area contributed by atoms with Crippen LogP contribution in [0.15, 0.2) is 21.3 Å². The van der Waals surface area contributed by atoms with E-state index in [-0.39, 0.29) is 41.3 Å². The van der Waals surface area contributed by atoms with E-state index in [0.717, 1.165) is 11.6 Å². The Morgan fingerprint density at radius 1 is 1.20 bits per heavy atom. The quantitative estimate of drug-likeness (QED) is 0.625. The molecule has 7 nitrogen and oxygen atoms in total. The van der Waals surface area contributed by atoms with Gasteiger partial charge in [-0.2, -0.15) is 0 Å². The molecule has 0 aliphatic carbocycles. The fourth-order valence-corrected chi connectivity index (χ4v) is 2.92. The molecule has 0 radical (unpaired) electrons. The molecule has 1 N–H and O–H groups in total. The number of ether oxygens (including phenoxy) is 3. The molecule has 2 aromatic rings. The van der Waals surface area contributed by atoms with Gasteiger partial charge in [0, 0.05) is 18.9 Å². The summed E-state index contributed by atoms with van der Waals surface area (Å²) in [7, 11) is 0. The van der Waals surface area contributed by atoms with Crippen molar-refractivity contribution in [3.63, 3.8) is 0 Å². The Labute approximate surface area is 143 Å². The van der Waals surface area contributed by atoms with Crippen molar-refractivity contribution in [3.05, 3.63) is 39.2 Å². The standard InChI is InChI=1S/C18H18O7/c1-2-22-18(21)14-6-13(19)15-16(20)9(4-11-7-23-11)3-10(17(15)25-14)5-12-8-24-12/h3,6,11-12,20H,2,4-5,7-8H2,1H3/t11-,12-/m0/s1. The van der Waals surface area contributed by atoms with Gasteiger partial charge < -0.3 is 23.7 Å². The van der Waals surface area contributed by atoms with E-state index in [1.165, 1.54) is 0 Å². The topological polar surface area (TPSA) is 102 Å². The molecular weight excluding hydrogens is 328 g/mol. The predicted octanol–water partition coefficient (Wildman–Crippen LogP) is 1.56. The van der Waals surface area contributed by atoms with Gasteiger partial charge in [0.15, 0.2) is 5.43 Å².